The van der Waals surface area contributed by atoms with E-state index in [-0.39, 0.29) is 11.8 Å². The standard InChI is InChI=1S/C22H30BrN7O/c1-15-12-18(31)27-20-19(15)22(25-14-24-20)29-8-4-16(5-9-29)21-26-17(23)13-30(21)11-10-28-6-2-3-7-28/h13-16H,2-12H2,1H3,(H,24,25,27,31). The molecule has 1 N–H and O–H groups in total. The highest BCUT2D eigenvalue weighted by molar-refractivity contribution is 9.10. The number of amides is 1. The van der Waals surface area contributed by atoms with E-state index < -0.39 is 0 Å². The van der Waals surface area contributed by atoms with Gasteiger partial charge < -0.3 is 19.7 Å². The Morgan fingerprint density at radius 2 is 1.90 bits per heavy atom. The minimum absolute atomic E-state index is 0.0368. The van der Waals surface area contributed by atoms with Gasteiger partial charge in [-0.2, -0.15) is 0 Å². The van der Waals surface area contributed by atoms with Gasteiger partial charge in [0.25, 0.3) is 0 Å². The van der Waals surface area contributed by atoms with Gasteiger partial charge in [-0.3, -0.25) is 4.79 Å². The van der Waals surface area contributed by atoms with Gasteiger partial charge in [0.15, 0.2) is 0 Å². The number of aromatic nitrogens is 4. The van der Waals surface area contributed by atoms with E-state index in [1.165, 1.54) is 31.8 Å². The van der Waals surface area contributed by atoms with Crippen molar-refractivity contribution in [3.63, 3.8) is 0 Å². The molecule has 0 saturated carbocycles. The number of imidazole rings is 1. The average Bonchev–Trinajstić information content (AvgIpc) is 3.41. The Labute approximate surface area is 191 Å². The van der Waals surface area contributed by atoms with Crippen molar-refractivity contribution >= 4 is 33.5 Å². The van der Waals surface area contributed by atoms with Crippen LogP contribution in [0.2, 0.25) is 0 Å². The first-order valence-electron chi connectivity index (χ1n) is 11.4. The Kier molecular flexibility index (Phi) is 5.97. The molecule has 0 radical (unpaired) electrons. The second-order valence-electron chi connectivity index (χ2n) is 9.04. The van der Waals surface area contributed by atoms with Gasteiger partial charge >= 0.3 is 0 Å². The number of piperidine rings is 1. The first-order chi connectivity index (χ1) is 15.1. The van der Waals surface area contributed by atoms with Crippen molar-refractivity contribution in [2.24, 2.45) is 0 Å². The normalized spacial score (nSPS) is 22.6. The summed E-state index contributed by atoms with van der Waals surface area (Å²) in [5.41, 5.74) is 1.08. The number of anilines is 2. The molecule has 3 aliphatic rings. The summed E-state index contributed by atoms with van der Waals surface area (Å²) in [6.07, 6.45) is 8.96. The van der Waals surface area contributed by atoms with E-state index in [2.05, 4.69) is 58.7 Å². The van der Waals surface area contributed by atoms with Crippen LogP contribution in [-0.2, 0) is 11.3 Å². The molecular weight excluding hydrogens is 458 g/mol. The highest BCUT2D eigenvalue weighted by atomic mass is 79.9. The van der Waals surface area contributed by atoms with E-state index in [0.29, 0.717) is 18.2 Å². The van der Waals surface area contributed by atoms with E-state index in [1.807, 2.05) is 0 Å². The Hall–Kier alpha value is -2.00. The third-order valence-corrected chi connectivity index (χ3v) is 7.28. The maximum Gasteiger partial charge on any atom is 0.226 e. The number of carbonyl (C=O) groups excluding carboxylic acids is 1. The molecule has 0 aliphatic carbocycles. The third-order valence-electron chi connectivity index (χ3n) is 6.90. The molecule has 166 valence electrons. The zero-order valence-corrected chi connectivity index (χ0v) is 19.6. The van der Waals surface area contributed by atoms with Crippen LogP contribution in [0.1, 0.15) is 62.3 Å². The molecule has 8 nitrogen and oxygen atoms in total. The Morgan fingerprint density at radius 1 is 1.13 bits per heavy atom. The zero-order valence-electron chi connectivity index (χ0n) is 18.1. The molecule has 0 aromatic carbocycles. The second kappa shape index (κ2) is 8.86. The monoisotopic (exact) mass is 487 g/mol. The lowest BCUT2D eigenvalue weighted by Gasteiger charge is -2.35. The molecule has 0 bridgehead atoms. The maximum atomic E-state index is 11.9. The fourth-order valence-electron chi connectivity index (χ4n) is 5.26. The lowest BCUT2D eigenvalue weighted by molar-refractivity contribution is -0.116. The van der Waals surface area contributed by atoms with E-state index in [1.54, 1.807) is 6.33 Å². The van der Waals surface area contributed by atoms with Gasteiger partial charge in [-0.25, -0.2) is 15.0 Å². The van der Waals surface area contributed by atoms with Crippen molar-refractivity contribution in [2.45, 2.75) is 57.4 Å². The second-order valence-corrected chi connectivity index (χ2v) is 9.85. The third kappa shape index (κ3) is 4.35. The minimum atomic E-state index is 0.0368. The topological polar surface area (TPSA) is 79.2 Å². The van der Waals surface area contributed by atoms with Crippen molar-refractivity contribution in [3.05, 3.63) is 28.5 Å². The number of likely N-dealkylation sites (tertiary alicyclic amines) is 1. The number of halogens is 1. The van der Waals surface area contributed by atoms with Crippen LogP contribution in [0, 0.1) is 0 Å². The molecule has 2 fully saturated rings. The van der Waals surface area contributed by atoms with Crippen LogP contribution in [0.5, 0.6) is 0 Å². The van der Waals surface area contributed by atoms with Gasteiger partial charge in [0.05, 0.1) is 0 Å². The summed E-state index contributed by atoms with van der Waals surface area (Å²) in [5.74, 6) is 3.49. The quantitative estimate of drug-likeness (QED) is 0.696. The predicted octanol–water partition coefficient (Wildman–Crippen LogP) is 3.36. The molecule has 2 saturated heterocycles. The Bertz CT molecular complexity index is 947. The summed E-state index contributed by atoms with van der Waals surface area (Å²) in [6.45, 7) is 8.52. The fourth-order valence-corrected chi connectivity index (χ4v) is 5.69. The van der Waals surface area contributed by atoms with E-state index in [9.17, 15) is 4.79 Å². The molecule has 1 amide bonds. The van der Waals surface area contributed by atoms with E-state index in [4.69, 9.17) is 4.98 Å². The van der Waals surface area contributed by atoms with Crippen LogP contribution < -0.4 is 10.2 Å². The van der Waals surface area contributed by atoms with Gasteiger partial charge in [-0.1, -0.05) is 6.92 Å². The molecule has 31 heavy (non-hydrogen) atoms. The molecule has 2 aromatic rings. The van der Waals surface area contributed by atoms with E-state index >= 15 is 0 Å². The minimum Gasteiger partial charge on any atom is -0.356 e. The number of carbonyl (C=O) groups is 1. The Balaban J connectivity index is 1.28. The Morgan fingerprint density at radius 3 is 2.68 bits per heavy atom. The lowest BCUT2D eigenvalue weighted by Crippen LogP contribution is -2.36. The van der Waals surface area contributed by atoms with Crippen LogP contribution >= 0.6 is 15.9 Å². The number of nitrogens with zero attached hydrogens (tertiary/aromatic N) is 6. The first kappa shape index (κ1) is 20.9. The molecular formula is C22H30BrN7O. The van der Waals surface area contributed by atoms with Crippen molar-refractivity contribution in [2.75, 3.05) is 42.9 Å². The SMILES string of the molecule is CC1CC(=O)Nc2ncnc(N3CCC(c4nc(Br)cn4CCN4CCCC4)CC3)c21. The number of fused-ring (bicyclic) bond motifs is 1. The summed E-state index contributed by atoms with van der Waals surface area (Å²) < 4.78 is 3.29. The number of nitrogens with one attached hydrogen (secondary N) is 1. The summed E-state index contributed by atoms with van der Waals surface area (Å²) in [5, 5.41) is 2.91. The van der Waals surface area contributed by atoms with Crippen molar-refractivity contribution in [1.82, 2.24) is 24.4 Å². The highest BCUT2D eigenvalue weighted by Crippen LogP contribution is 2.38. The van der Waals surface area contributed by atoms with Crippen molar-refractivity contribution < 1.29 is 4.79 Å². The smallest absolute Gasteiger partial charge is 0.226 e. The van der Waals surface area contributed by atoms with Crippen molar-refractivity contribution in [3.8, 4) is 0 Å². The summed E-state index contributed by atoms with van der Waals surface area (Å²) in [6, 6.07) is 0. The molecule has 9 heteroatoms. The summed E-state index contributed by atoms with van der Waals surface area (Å²) >= 11 is 3.60. The average molecular weight is 488 g/mol. The van der Waals surface area contributed by atoms with Crippen LogP contribution in [0.3, 0.4) is 0 Å². The molecule has 0 spiro atoms. The van der Waals surface area contributed by atoms with Gasteiger partial charge in [0.1, 0.15) is 28.4 Å². The molecule has 1 atom stereocenters. The first-order valence-corrected chi connectivity index (χ1v) is 12.2. The zero-order chi connectivity index (χ0) is 21.4. The number of hydrogen-bond acceptors (Lipinski definition) is 6. The molecule has 5 rings (SSSR count). The van der Waals surface area contributed by atoms with Gasteiger partial charge in [-0.05, 0) is 60.6 Å². The van der Waals surface area contributed by atoms with Crippen LogP contribution in [0.15, 0.2) is 17.1 Å². The van der Waals surface area contributed by atoms with Gasteiger partial charge in [0.2, 0.25) is 5.91 Å². The van der Waals surface area contributed by atoms with Crippen molar-refractivity contribution in [1.29, 1.82) is 0 Å². The van der Waals surface area contributed by atoms with Crippen LogP contribution in [-0.4, -0.2) is 63.0 Å². The molecule has 2 aromatic heterocycles. The molecule has 5 heterocycles. The fraction of sp³-hybridized carbons (Fsp3) is 0.636. The molecule has 3 aliphatic heterocycles. The van der Waals surface area contributed by atoms with E-state index in [0.717, 1.165) is 55.0 Å². The highest BCUT2D eigenvalue weighted by Gasteiger charge is 2.31. The lowest BCUT2D eigenvalue weighted by atomic mass is 9.92. The largest absolute Gasteiger partial charge is 0.356 e. The number of hydrogen-bond donors (Lipinski definition) is 1. The summed E-state index contributed by atoms with van der Waals surface area (Å²) in [4.78, 5) is 30.6. The van der Waals surface area contributed by atoms with Gasteiger partial charge in [-0.15, -0.1) is 0 Å². The maximum absolute atomic E-state index is 11.9. The number of rotatable bonds is 5. The van der Waals surface area contributed by atoms with Crippen LogP contribution in [0.4, 0.5) is 11.6 Å². The molecule has 1 unspecified atom stereocenters. The van der Waals surface area contributed by atoms with Gasteiger partial charge in [0, 0.05) is 50.3 Å². The predicted molar refractivity (Wildman–Crippen MR) is 123 cm³/mol. The van der Waals surface area contributed by atoms with Crippen LogP contribution in [0.25, 0.3) is 0 Å². The summed E-state index contributed by atoms with van der Waals surface area (Å²) in [7, 11) is 0.